The quantitative estimate of drug-likeness (QED) is 0.606. The molecule has 1 N–H and O–H groups in total. The van der Waals surface area contributed by atoms with Crippen LogP contribution in [0.4, 0.5) is 5.82 Å². The first-order valence-corrected chi connectivity index (χ1v) is 11.6. The fourth-order valence-corrected chi connectivity index (χ4v) is 5.37. The molecule has 0 spiro atoms. The standard InChI is InChI=1S/C23H39N5O/c1-6-11-23(12-9-18(10-13-23)16-24-5)22-25-19-20(26-22)27(14-7-2)17(4)28(15-8-3)21(19)29/h17-18H,5-16H2,1-4H3,(H,25,26). The molecule has 1 unspecified atom stereocenters. The van der Waals surface area contributed by atoms with Crippen LogP contribution in [0.2, 0.25) is 0 Å². The van der Waals surface area contributed by atoms with E-state index in [4.69, 9.17) is 4.98 Å². The summed E-state index contributed by atoms with van der Waals surface area (Å²) in [5.41, 5.74) is 0.756. The second kappa shape index (κ2) is 9.31. The molecule has 1 atom stereocenters. The van der Waals surface area contributed by atoms with Gasteiger partial charge in [0, 0.05) is 25.0 Å². The van der Waals surface area contributed by atoms with Gasteiger partial charge in [0.2, 0.25) is 0 Å². The molecule has 1 fully saturated rings. The molecule has 1 aliphatic carbocycles. The number of hydrogen-bond donors (Lipinski definition) is 1. The zero-order valence-corrected chi connectivity index (χ0v) is 18.8. The van der Waals surface area contributed by atoms with E-state index in [9.17, 15) is 4.79 Å². The van der Waals surface area contributed by atoms with Crippen molar-refractivity contribution in [2.75, 3.05) is 24.5 Å². The average Bonchev–Trinajstić information content (AvgIpc) is 3.17. The number of aromatic nitrogens is 2. The van der Waals surface area contributed by atoms with Gasteiger partial charge in [0.25, 0.3) is 5.91 Å². The van der Waals surface area contributed by atoms with Crippen LogP contribution in [-0.2, 0) is 5.41 Å². The Kier molecular flexibility index (Phi) is 7.01. The Labute approximate surface area is 176 Å². The van der Waals surface area contributed by atoms with E-state index in [-0.39, 0.29) is 17.5 Å². The number of aliphatic imine (C=N–C) groups is 1. The number of nitrogens with zero attached hydrogens (tertiary/aromatic N) is 4. The van der Waals surface area contributed by atoms with E-state index >= 15 is 0 Å². The van der Waals surface area contributed by atoms with Gasteiger partial charge in [0.05, 0.1) is 0 Å². The van der Waals surface area contributed by atoms with Gasteiger partial charge in [-0.15, -0.1) is 0 Å². The zero-order chi connectivity index (χ0) is 21.0. The SMILES string of the molecule is C=NCC1CCC(CCC)(c2nc3c([nH]2)C(=O)N(CCC)C(C)N3CCC)CC1. The number of hydrogen-bond acceptors (Lipinski definition) is 4. The van der Waals surface area contributed by atoms with Gasteiger partial charge in [-0.1, -0.05) is 27.2 Å². The fraction of sp³-hybridized carbons (Fsp3) is 0.783. The highest BCUT2D eigenvalue weighted by Crippen LogP contribution is 2.45. The third-order valence-corrected chi connectivity index (χ3v) is 6.94. The van der Waals surface area contributed by atoms with Gasteiger partial charge < -0.3 is 19.8 Å². The molecular weight excluding hydrogens is 362 g/mol. The number of rotatable bonds is 9. The predicted molar refractivity (Wildman–Crippen MR) is 120 cm³/mol. The molecule has 6 heteroatoms. The summed E-state index contributed by atoms with van der Waals surface area (Å²) in [7, 11) is 0. The summed E-state index contributed by atoms with van der Waals surface area (Å²) in [5, 5.41) is 0. The molecule has 1 aliphatic heterocycles. The third kappa shape index (κ3) is 4.08. The van der Waals surface area contributed by atoms with E-state index in [2.05, 4.69) is 49.3 Å². The van der Waals surface area contributed by atoms with Crippen molar-refractivity contribution in [1.82, 2.24) is 14.9 Å². The summed E-state index contributed by atoms with van der Waals surface area (Å²) < 4.78 is 0. The fourth-order valence-electron chi connectivity index (χ4n) is 5.37. The predicted octanol–water partition coefficient (Wildman–Crippen LogP) is 4.77. The van der Waals surface area contributed by atoms with Crippen molar-refractivity contribution in [2.24, 2.45) is 10.9 Å². The first-order valence-electron chi connectivity index (χ1n) is 11.6. The Balaban J connectivity index is 1.96. The number of H-pyrrole nitrogens is 1. The molecule has 29 heavy (non-hydrogen) atoms. The van der Waals surface area contributed by atoms with Crippen molar-refractivity contribution < 1.29 is 4.79 Å². The van der Waals surface area contributed by atoms with Crippen LogP contribution in [0.1, 0.15) is 95.4 Å². The lowest BCUT2D eigenvalue weighted by molar-refractivity contribution is 0.0660. The van der Waals surface area contributed by atoms with Crippen LogP contribution in [0.3, 0.4) is 0 Å². The van der Waals surface area contributed by atoms with Crippen LogP contribution >= 0.6 is 0 Å². The van der Waals surface area contributed by atoms with Gasteiger partial charge in [-0.25, -0.2) is 4.98 Å². The van der Waals surface area contributed by atoms with Gasteiger partial charge in [-0.2, -0.15) is 0 Å². The maximum absolute atomic E-state index is 13.3. The van der Waals surface area contributed by atoms with Crippen LogP contribution < -0.4 is 4.90 Å². The normalized spacial score (nSPS) is 27.2. The summed E-state index contributed by atoms with van der Waals surface area (Å²) >= 11 is 0. The second-order valence-electron chi connectivity index (χ2n) is 8.99. The maximum Gasteiger partial charge on any atom is 0.275 e. The minimum atomic E-state index is 0.0563. The lowest BCUT2D eigenvalue weighted by atomic mass is 9.67. The number of imidazole rings is 1. The van der Waals surface area contributed by atoms with Gasteiger partial charge in [-0.3, -0.25) is 4.79 Å². The van der Waals surface area contributed by atoms with Crippen molar-refractivity contribution >= 4 is 18.4 Å². The second-order valence-corrected chi connectivity index (χ2v) is 8.99. The molecule has 0 bridgehead atoms. The number of aromatic amines is 1. The summed E-state index contributed by atoms with van der Waals surface area (Å²) in [6, 6.07) is 0. The number of amides is 1. The minimum absolute atomic E-state index is 0.0563. The largest absolute Gasteiger partial charge is 0.336 e. The smallest absolute Gasteiger partial charge is 0.275 e. The van der Waals surface area contributed by atoms with Crippen molar-refractivity contribution in [1.29, 1.82) is 0 Å². The Bertz CT molecular complexity index is 704. The monoisotopic (exact) mass is 401 g/mol. The summed E-state index contributed by atoms with van der Waals surface area (Å²) in [5.74, 6) is 2.66. The molecule has 0 aromatic carbocycles. The van der Waals surface area contributed by atoms with E-state index in [1.165, 1.54) is 0 Å². The van der Waals surface area contributed by atoms with Crippen molar-refractivity contribution in [3.63, 3.8) is 0 Å². The lowest BCUT2D eigenvalue weighted by Gasteiger charge is -2.41. The third-order valence-electron chi connectivity index (χ3n) is 6.94. The molecule has 2 heterocycles. The zero-order valence-electron chi connectivity index (χ0n) is 18.8. The number of anilines is 1. The van der Waals surface area contributed by atoms with Crippen LogP contribution in [-0.4, -0.2) is 53.3 Å². The van der Waals surface area contributed by atoms with Gasteiger partial charge >= 0.3 is 0 Å². The Morgan fingerprint density at radius 1 is 1.14 bits per heavy atom. The Hall–Kier alpha value is -1.85. The topological polar surface area (TPSA) is 64.6 Å². The molecular formula is C23H39N5O. The molecule has 1 amide bonds. The molecule has 1 saturated carbocycles. The number of fused-ring (bicyclic) bond motifs is 1. The first kappa shape index (κ1) is 21.8. The molecule has 1 aromatic rings. The Morgan fingerprint density at radius 2 is 1.79 bits per heavy atom. The molecule has 1 aromatic heterocycles. The van der Waals surface area contributed by atoms with Crippen molar-refractivity contribution in [3.8, 4) is 0 Å². The van der Waals surface area contributed by atoms with Crippen LogP contribution in [0, 0.1) is 5.92 Å². The van der Waals surface area contributed by atoms with E-state index in [1.807, 2.05) is 4.90 Å². The van der Waals surface area contributed by atoms with Crippen LogP contribution in [0.15, 0.2) is 4.99 Å². The van der Waals surface area contributed by atoms with E-state index in [1.54, 1.807) is 0 Å². The van der Waals surface area contributed by atoms with Crippen LogP contribution in [0.25, 0.3) is 0 Å². The van der Waals surface area contributed by atoms with Gasteiger partial charge in [0.15, 0.2) is 5.82 Å². The molecule has 6 nitrogen and oxygen atoms in total. The molecule has 2 aliphatic rings. The van der Waals surface area contributed by atoms with Gasteiger partial charge in [-0.05, 0) is 64.5 Å². The summed E-state index contributed by atoms with van der Waals surface area (Å²) in [6.45, 7) is 14.9. The van der Waals surface area contributed by atoms with Crippen molar-refractivity contribution in [2.45, 2.75) is 90.6 Å². The lowest BCUT2D eigenvalue weighted by Crippen LogP contribution is -2.54. The van der Waals surface area contributed by atoms with Crippen LogP contribution in [0.5, 0.6) is 0 Å². The van der Waals surface area contributed by atoms with E-state index < -0.39 is 0 Å². The summed E-state index contributed by atoms with van der Waals surface area (Å²) in [4.78, 5) is 30.4. The van der Waals surface area contributed by atoms with Gasteiger partial charge in [0.1, 0.15) is 17.7 Å². The van der Waals surface area contributed by atoms with E-state index in [0.717, 1.165) is 82.6 Å². The number of nitrogens with one attached hydrogen (secondary N) is 1. The highest BCUT2D eigenvalue weighted by Gasteiger charge is 2.43. The first-order chi connectivity index (χ1) is 14.0. The summed E-state index contributed by atoms with van der Waals surface area (Å²) in [6.07, 6.45) is 8.85. The van der Waals surface area contributed by atoms with Crippen molar-refractivity contribution in [3.05, 3.63) is 11.5 Å². The molecule has 3 rings (SSSR count). The highest BCUT2D eigenvalue weighted by atomic mass is 16.2. The average molecular weight is 402 g/mol. The minimum Gasteiger partial charge on any atom is -0.336 e. The number of carbonyl (C=O) groups is 1. The molecule has 0 radical (unpaired) electrons. The van der Waals surface area contributed by atoms with E-state index in [0.29, 0.717) is 11.6 Å². The molecule has 162 valence electrons. The maximum atomic E-state index is 13.3. The number of carbonyl (C=O) groups excluding carboxylic acids is 1. The molecule has 0 saturated heterocycles. The highest BCUT2D eigenvalue weighted by molar-refractivity contribution is 5.99. The Morgan fingerprint density at radius 3 is 2.38 bits per heavy atom.